The molecule has 1 heterocycles. The van der Waals surface area contributed by atoms with Gasteiger partial charge in [-0.3, -0.25) is 4.79 Å². The molecule has 1 aromatic rings. The molecule has 0 aliphatic carbocycles. The summed E-state index contributed by atoms with van der Waals surface area (Å²) in [7, 11) is 1.58. The van der Waals surface area contributed by atoms with Gasteiger partial charge in [0.2, 0.25) is 0 Å². The van der Waals surface area contributed by atoms with Gasteiger partial charge in [-0.05, 0) is 38.4 Å². The van der Waals surface area contributed by atoms with Crippen molar-refractivity contribution < 1.29 is 9.53 Å². The number of ether oxygens (including phenoxy) is 1. The Hall–Kier alpha value is -1.95. The summed E-state index contributed by atoms with van der Waals surface area (Å²) < 4.78 is 5.43. The molecule has 0 saturated carbocycles. The molecule has 1 atom stereocenters. The Morgan fingerprint density at radius 3 is 2.84 bits per heavy atom. The predicted octanol–water partition coefficient (Wildman–Crippen LogP) is 2.70. The van der Waals surface area contributed by atoms with E-state index in [1.165, 1.54) is 6.42 Å². The molecule has 6 heteroatoms. The Bertz CT molecular complexity index is 577. The van der Waals surface area contributed by atoms with Gasteiger partial charge in [-0.15, -0.1) is 0 Å². The minimum absolute atomic E-state index is 0.117. The fourth-order valence-electron chi connectivity index (χ4n) is 3.24. The van der Waals surface area contributed by atoms with E-state index < -0.39 is 0 Å². The van der Waals surface area contributed by atoms with Gasteiger partial charge in [-0.2, -0.15) is 0 Å². The van der Waals surface area contributed by atoms with Crippen molar-refractivity contribution in [1.29, 1.82) is 0 Å². The van der Waals surface area contributed by atoms with Gasteiger partial charge in [-0.1, -0.05) is 20.3 Å². The molecule has 0 radical (unpaired) electrons. The maximum Gasteiger partial charge on any atom is 0.255 e. The van der Waals surface area contributed by atoms with E-state index in [1.54, 1.807) is 13.2 Å². The lowest BCUT2D eigenvalue weighted by molar-refractivity contribution is 0.0924. The van der Waals surface area contributed by atoms with Crippen molar-refractivity contribution in [3.63, 3.8) is 0 Å². The third-order valence-corrected chi connectivity index (χ3v) is 4.72. The Balaban J connectivity index is 2.13. The zero-order chi connectivity index (χ0) is 18.2. The molecule has 0 aromatic heterocycles. The Morgan fingerprint density at radius 2 is 2.16 bits per heavy atom. The van der Waals surface area contributed by atoms with E-state index in [4.69, 9.17) is 10.5 Å². The van der Waals surface area contributed by atoms with Crippen molar-refractivity contribution in [3.8, 4) is 5.75 Å². The molecule has 1 amide bonds. The van der Waals surface area contributed by atoms with Crippen LogP contribution in [0, 0.1) is 0 Å². The van der Waals surface area contributed by atoms with E-state index in [0.29, 0.717) is 17.0 Å². The van der Waals surface area contributed by atoms with Crippen LogP contribution in [-0.4, -0.2) is 50.1 Å². The standard InChI is InChI=1S/C19H32N4O2/c1-4-9-21-17-12-18(25-3)15(11-16(17)20)19(24)22-14-8-6-7-10-23(5-2)13-14/h11-12,14,21H,4-10,13,20H2,1-3H3,(H,22,24). The number of likely N-dealkylation sites (N-methyl/N-ethyl adjacent to an activating group) is 1. The zero-order valence-electron chi connectivity index (χ0n) is 15.7. The number of hydrogen-bond donors (Lipinski definition) is 3. The van der Waals surface area contributed by atoms with E-state index in [9.17, 15) is 4.79 Å². The number of nitrogen functional groups attached to an aromatic ring is 1. The number of carbonyl (C=O) groups is 1. The number of amides is 1. The van der Waals surface area contributed by atoms with Gasteiger partial charge in [0.25, 0.3) is 5.91 Å². The summed E-state index contributed by atoms with van der Waals surface area (Å²) in [5.41, 5.74) is 7.99. The highest BCUT2D eigenvalue weighted by molar-refractivity contribution is 5.99. The van der Waals surface area contributed by atoms with E-state index in [2.05, 4.69) is 29.4 Å². The average Bonchev–Trinajstić information content (AvgIpc) is 2.85. The number of carbonyl (C=O) groups excluding carboxylic acids is 1. The van der Waals surface area contributed by atoms with Crippen LogP contribution in [0.15, 0.2) is 12.1 Å². The van der Waals surface area contributed by atoms with Crippen LogP contribution in [0.25, 0.3) is 0 Å². The maximum atomic E-state index is 12.8. The molecule has 6 nitrogen and oxygen atoms in total. The predicted molar refractivity (Wildman–Crippen MR) is 103 cm³/mol. The van der Waals surface area contributed by atoms with Gasteiger partial charge >= 0.3 is 0 Å². The molecule has 2 rings (SSSR count). The van der Waals surface area contributed by atoms with E-state index in [0.717, 1.165) is 51.1 Å². The first-order chi connectivity index (χ1) is 12.1. The van der Waals surface area contributed by atoms with E-state index >= 15 is 0 Å². The second-order valence-electron chi connectivity index (χ2n) is 6.63. The highest BCUT2D eigenvalue weighted by atomic mass is 16.5. The lowest BCUT2D eigenvalue weighted by Crippen LogP contribution is -2.42. The molecule has 25 heavy (non-hydrogen) atoms. The van der Waals surface area contributed by atoms with E-state index in [1.807, 2.05) is 6.07 Å². The van der Waals surface area contributed by atoms with Crippen LogP contribution >= 0.6 is 0 Å². The minimum atomic E-state index is -0.117. The molecule has 1 unspecified atom stereocenters. The fourth-order valence-corrected chi connectivity index (χ4v) is 3.24. The second kappa shape index (κ2) is 9.51. The monoisotopic (exact) mass is 348 g/mol. The summed E-state index contributed by atoms with van der Waals surface area (Å²) in [6.07, 6.45) is 4.34. The van der Waals surface area contributed by atoms with Crippen LogP contribution in [-0.2, 0) is 0 Å². The Kier molecular flexibility index (Phi) is 7.37. The van der Waals surface area contributed by atoms with Crippen LogP contribution in [0.3, 0.4) is 0 Å². The largest absolute Gasteiger partial charge is 0.496 e. The normalized spacial score (nSPS) is 18.4. The Labute approximate surface area is 151 Å². The highest BCUT2D eigenvalue weighted by Crippen LogP contribution is 2.29. The van der Waals surface area contributed by atoms with Crippen LogP contribution in [0.4, 0.5) is 11.4 Å². The molecule has 0 bridgehead atoms. The molecular formula is C19H32N4O2. The number of rotatable bonds is 7. The average molecular weight is 348 g/mol. The van der Waals surface area contributed by atoms with Crippen molar-refractivity contribution in [2.24, 2.45) is 0 Å². The zero-order valence-corrected chi connectivity index (χ0v) is 15.7. The van der Waals surface area contributed by atoms with Gasteiger partial charge in [0.05, 0.1) is 24.0 Å². The second-order valence-corrected chi connectivity index (χ2v) is 6.63. The molecule has 4 N–H and O–H groups in total. The lowest BCUT2D eigenvalue weighted by Gasteiger charge is -2.24. The fraction of sp³-hybridized carbons (Fsp3) is 0.632. The number of likely N-dealkylation sites (tertiary alicyclic amines) is 1. The van der Waals surface area contributed by atoms with Crippen LogP contribution in [0.5, 0.6) is 5.75 Å². The SMILES string of the molecule is CCCNc1cc(OC)c(C(=O)NC2CCCCN(CC)C2)cc1N. The summed E-state index contributed by atoms with van der Waals surface area (Å²) in [6.45, 7) is 8.10. The van der Waals surface area contributed by atoms with Crippen LogP contribution in [0.2, 0.25) is 0 Å². The molecule has 1 aliphatic heterocycles. The molecule has 1 aromatic carbocycles. The van der Waals surface area contributed by atoms with Crippen molar-refractivity contribution in [2.45, 2.75) is 45.6 Å². The molecular weight excluding hydrogens is 316 g/mol. The summed E-state index contributed by atoms with van der Waals surface area (Å²) in [5, 5.41) is 6.43. The van der Waals surface area contributed by atoms with Gasteiger partial charge in [0, 0.05) is 25.2 Å². The lowest BCUT2D eigenvalue weighted by atomic mass is 10.1. The molecule has 140 valence electrons. The highest BCUT2D eigenvalue weighted by Gasteiger charge is 2.22. The quantitative estimate of drug-likeness (QED) is 0.660. The number of hydrogen-bond acceptors (Lipinski definition) is 5. The Morgan fingerprint density at radius 1 is 1.36 bits per heavy atom. The molecule has 1 fully saturated rings. The molecule has 0 spiro atoms. The maximum absolute atomic E-state index is 12.8. The van der Waals surface area contributed by atoms with Gasteiger partial charge < -0.3 is 26.0 Å². The van der Waals surface area contributed by atoms with Crippen LogP contribution < -0.4 is 21.1 Å². The number of nitrogens with two attached hydrogens (primary N) is 1. The van der Waals surface area contributed by atoms with Crippen molar-refractivity contribution in [1.82, 2.24) is 10.2 Å². The minimum Gasteiger partial charge on any atom is -0.496 e. The van der Waals surface area contributed by atoms with E-state index in [-0.39, 0.29) is 11.9 Å². The number of anilines is 2. The number of methoxy groups -OCH3 is 1. The molecule has 1 aliphatic rings. The molecule has 1 saturated heterocycles. The van der Waals surface area contributed by atoms with Gasteiger partial charge in [-0.25, -0.2) is 0 Å². The summed E-state index contributed by atoms with van der Waals surface area (Å²) >= 11 is 0. The van der Waals surface area contributed by atoms with Gasteiger partial charge in [0.1, 0.15) is 5.75 Å². The van der Waals surface area contributed by atoms with Crippen molar-refractivity contribution >= 4 is 17.3 Å². The first-order valence-corrected chi connectivity index (χ1v) is 9.33. The van der Waals surface area contributed by atoms with Crippen molar-refractivity contribution in [3.05, 3.63) is 17.7 Å². The van der Waals surface area contributed by atoms with Crippen molar-refractivity contribution in [2.75, 3.05) is 44.3 Å². The third kappa shape index (κ3) is 5.26. The number of benzene rings is 1. The summed E-state index contributed by atoms with van der Waals surface area (Å²) in [4.78, 5) is 15.2. The third-order valence-electron chi connectivity index (χ3n) is 4.72. The van der Waals surface area contributed by atoms with Gasteiger partial charge in [0.15, 0.2) is 0 Å². The topological polar surface area (TPSA) is 79.6 Å². The summed E-state index contributed by atoms with van der Waals surface area (Å²) in [6, 6.07) is 3.69. The number of nitrogens with zero attached hydrogens (tertiary/aromatic N) is 1. The van der Waals surface area contributed by atoms with Crippen LogP contribution in [0.1, 0.15) is 49.9 Å². The number of nitrogens with one attached hydrogen (secondary N) is 2. The first kappa shape index (κ1) is 19.4. The smallest absolute Gasteiger partial charge is 0.255 e. The first-order valence-electron chi connectivity index (χ1n) is 9.33. The summed E-state index contributed by atoms with van der Waals surface area (Å²) in [5.74, 6) is 0.430.